The lowest BCUT2D eigenvalue weighted by Gasteiger charge is -2.19. The molecule has 1 heterocycles. The molecule has 0 bridgehead atoms. The third kappa shape index (κ3) is 4.98. The fourth-order valence-electron chi connectivity index (χ4n) is 1.75. The van der Waals surface area contributed by atoms with Crippen LogP contribution < -0.4 is 4.74 Å². The number of para-hydroxylation sites is 1. The van der Waals surface area contributed by atoms with E-state index in [1.165, 1.54) is 0 Å². The number of thiazole rings is 1. The van der Waals surface area contributed by atoms with E-state index in [0.717, 1.165) is 17.3 Å². The third-order valence-electron chi connectivity index (χ3n) is 2.60. The van der Waals surface area contributed by atoms with Crippen LogP contribution in [0.5, 0.6) is 5.75 Å². The van der Waals surface area contributed by atoms with Crippen molar-refractivity contribution in [3.05, 3.63) is 46.9 Å². The highest BCUT2D eigenvalue weighted by Gasteiger charge is 2.10. The lowest BCUT2D eigenvalue weighted by atomic mass is 10.3. The summed E-state index contributed by atoms with van der Waals surface area (Å²) in [6, 6.07) is 9.52. The van der Waals surface area contributed by atoms with E-state index < -0.39 is 6.10 Å². The zero-order valence-corrected chi connectivity index (χ0v) is 11.7. The molecule has 102 valence electrons. The smallest absolute Gasteiger partial charge is 0.119 e. The molecule has 0 spiro atoms. The molecule has 1 aromatic heterocycles. The molecule has 5 heteroatoms. The van der Waals surface area contributed by atoms with Gasteiger partial charge in [0, 0.05) is 18.1 Å². The number of benzene rings is 1. The fraction of sp³-hybridized carbons (Fsp3) is 0.357. The first-order valence-electron chi connectivity index (χ1n) is 6.17. The van der Waals surface area contributed by atoms with Crippen molar-refractivity contribution in [3.63, 3.8) is 0 Å². The highest BCUT2D eigenvalue weighted by molar-refractivity contribution is 7.09. The van der Waals surface area contributed by atoms with Crippen LogP contribution >= 0.6 is 11.3 Å². The van der Waals surface area contributed by atoms with Crippen LogP contribution in [0, 0.1) is 0 Å². The van der Waals surface area contributed by atoms with E-state index in [1.54, 1.807) is 17.5 Å². The molecule has 0 amide bonds. The second kappa shape index (κ2) is 7.23. The second-order valence-corrected chi connectivity index (χ2v) is 5.38. The molecule has 1 aromatic carbocycles. The summed E-state index contributed by atoms with van der Waals surface area (Å²) in [6.07, 6.45) is 1.29. The van der Waals surface area contributed by atoms with E-state index >= 15 is 0 Å². The number of hydrogen-bond donors (Lipinski definition) is 1. The van der Waals surface area contributed by atoms with Crippen LogP contribution in [-0.4, -0.2) is 41.3 Å². The van der Waals surface area contributed by atoms with Crippen molar-refractivity contribution in [2.24, 2.45) is 0 Å². The molecule has 0 fully saturated rings. The normalized spacial score (nSPS) is 12.6. The molecule has 0 saturated heterocycles. The molecule has 2 aromatic rings. The van der Waals surface area contributed by atoms with Crippen LogP contribution in [0.3, 0.4) is 0 Å². The van der Waals surface area contributed by atoms with Crippen molar-refractivity contribution in [2.45, 2.75) is 12.6 Å². The Balaban J connectivity index is 1.70. The summed E-state index contributed by atoms with van der Waals surface area (Å²) in [6.45, 7) is 1.61. The molecule has 0 saturated carbocycles. The van der Waals surface area contributed by atoms with Gasteiger partial charge in [-0.15, -0.1) is 11.3 Å². The average molecular weight is 278 g/mol. The summed E-state index contributed by atoms with van der Waals surface area (Å²) in [5.74, 6) is 0.782. The molecular formula is C14H18N2O2S. The summed E-state index contributed by atoms with van der Waals surface area (Å²) in [5, 5.41) is 12.9. The number of hydrogen-bond acceptors (Lipinski definition) is 5. The van der Waals surface area contributed by atoms with E-state index in [2.05, 4.69) is 4.98 Å². The number of aromatic nitrogens is 1. The van der Waals surface area contributed by atoms with Gasteiger partial charge in [-0.2, -0.15) is 0 Å². The minimum atomic E-state index is -0.509. The van der Waals surface area contributed by atoms with E-state index in [0.29, 0.717) is 13.2 Å². The molecule has 1 unspecified atom stereocenters. The first-order chi connectivity index (χ1) is 9.24. The Morgan fingerprint density at radius 1 is 1.37 bits per heavy atom. The number of ether oxygens (including phenoxy) is 1. The minimum absolute atomic E-state index is 0.298. The van der Waals surface area contributed by atoms with Gasteiger partial charge < -0.3 is 9.84 Å². The molecule has 1 N–H and O–H groups in total. The van der Waals surface area contributed by atoms with E-state index in [-0.39, 0.29) is 0 Å². The third-order valence-corrected chi connectivity index (χ3v) is 3.36. The van der Waals surface area contributed by atoms with Crippen LogP contribution in [0.15, 0.2) is 41.9 Å². The molecule has 0 aliphatic carbocycles. The molecule has 0 aliphatic heterocycles. The standard InChI is InChI=1S/C14H18N2O2S/c1-16(10-14-15-7-8-19-14)9-12(17)11-18-13-5-3-2-4-6-13/h2-8,12,17H,9-11H2,1H3. The zero-order chi connectivity index (χ0) is 13.5. The van der Waals surface area contributed by atoms with Crippen molar-refractivity contribution in [1.29, 1.82) is 0 Å². The first-order valence-corrected chi connectivity index (χ1v) is 7.05. The van der Waals surface area contributed by atoms with E-state index in [1.807, 2.05) is 47.7 Å². The number of aliphatic hydroxyl groups is 1. The highest BCUT2D eigenvalue weighted by atomic mass is 32.1. The maximum absolute atomic E-state index is 9.93. The predicted molar refractivity (Wildman–Crippen MR) is 76.4 cm³/mol. The van der Waals surface area contributed by atoms with Crippen LogP contribution in [0.2, 0.25) is 0 Å². The van der Waals surface area contributed by atoms with Gasteiger partial charge in [0.1, 0.15) is 23.5 Å². The topological polar surface area (TPSA) is 45.6 Å². The Bertz CT molecular complexity index is 462. The van der Waals surface area contributed by atoms with Crippen LogP contribution in [0.1, 0.15) is 5.01 Å². The van der Waals surface area contributed by atoms with Crippen molar-refractivity contribution in [2.75, 3.05) is 20.2 Å². The molecular weight excluding hydrogens is 260 g/mol. The summed E-state index contributed by atoms with van der Waals surface area (Å²) in [7, 11) is 1.97. The summed E-state index contributed by atoms with van der Waals surface area (Å²) in [4.78, 5) is 6.26. The van der Waals surface area contributed by atoms with Gasteiger partial charge in [-0.1, -0.05) is 18.2 Å². The van der Waals surface area contributed by atoms with E-state index in [4.69, 9.17) is 4.74 Å². The predicted octanol–water partition coefficient (Wildman–Crippen LogP) is 2.01. The summed E-state index contributed by atoms with van der Waals surface area (Å²) in [5.41, 5.74) is 0. The SMILES string of the molecule is CN(Cc1nccs1)CC(O)COc1ccccc1. The van der Waals surface area contributed by atoms with Crippen LogP contribution in [0.25, 0.3) is 0 Å². The van der Waals surface area contributed by atoms with Gasteiger partial charge in [0.05, 0.1) is 6.54 Å². The molecule has 2 rings (SSSR count). The van der Waals surface area contributed by atoms with Gasteiger partial charge in [0.25, 0.3) is 0 Å². The van der Waals surface area contributed by atoms with Gasteiger partial charge in [0.2, 0.25) is 0 Å². The number of rotatable bonds is 7. The van der Waals surface area contributed by atoms with Gasteiger partial charge in [-0.05, 0) is 19.2 Å². The number of nitrogens with zero attached hydrogens (tertiary/aromatic N) is 2. The Morgan fingerprint density at radius 3 is 2.84 bits per heavy atom. The van der Waals surface area contributed by atoms with Crippen LogP contribution in [0.4, 0.5) is 0 Å². The fourth-order valence-corrected chi connectivity index (χ4v) is 2.44. The largest absolute Gasteiger partial charge is 0.491 e. The maximum atomic E-state index is 9.93. The van der Waals surface area contributed by atoms with Crippen molar-refractivity contribution >= 4 is 11.3 Å². The van der Waals surface area contributed by atoms with Gasteiger partial charge >= 0.3 is 0 Å². The lowest BCUT2D eigenvalue weighted by Crippen LogP contribution is -2.32. The maximum Gasteiger partial charge on any atom is 0.119 e. The molecule has 0 aliphatic rings. The summed E-state index contributed by atoms with van der Waals surface area (Å²) >= 11 is 1.62. The zero-order valence-electron chi connectivity index (χ0n) is 10.9. The van der Waals surface area contributed by atoms with E-state index in [9.17, 15) is 5.11 Å². The van der Waals surface area contributed by atoms with Crippen molar-refractivity contribution in [1.82, 2.24) is 9.88 Å². The monoisotopic (exact) mass is 278 g/mol. The number of likely N-dealkylation sites (N-methyl/N-ethyl adjacent to an activating group) is 1. The molecule has 4 nitrogen and oxygen atoms in total. The highest BCUT2D eigenvalue weighted by Crippen LogP contribution is 2.10. The number of aliphatic hydroxyl groups excluding tert-OH is 1. The van der Waals surface area contributed by atoms with Gasteiger partial charge in [-0.3, -0.25) is 4.90 Å². The Morgan fingerprint density at radius 2 is 2.16 bits per heavy atom. The second-order valence-electron chi connectivity index (χ2n) is 4.40. The quantitative estimate of drug-likeness (QED) is 0.841. The lowest BCUT2D eigenvalue weighted by molar-refractivity contribution is 0.0744. The van der Waals surface area contributed by atoms with Crippen molar-refractivity contribution in [3.8, 4) is 5.75 Å². The van der Waals surface area contributed by atoms with Crippen LogP contribution in [-0.2, 0) is 6.54 Å². The minimum Gasteiger partial charge on any atom is -0.491 e. The van der Waals surface area contributed by atoms with Gasteiger partial charge in [-0.25, -0.2) is 4.98 Å². The molecule has 19 heavy (non-hydrogen) atoms. The summed E-state index contributed by atoms with van der Waals surface area (Å²) < 4.78 is 5.51. The molecule has 0 radical (unpaired) electrons. The Kier molecular flexibility index (Phi) is 5.32. The average Bonchev–Trinajstić information content (AvgIpc) is 2.90. The first kappa shape index (κ1) is 14.0. The Hall–Kier alpha value is -1.43. The Labute approximate surface area is 117 Å². The van der Waals surface area contributed by atoms with Crippen molar-refractivity contribution < 1.29 is 9.84 Å². The molecule has 1 atom stereocenters. The van der Waals surface area contributed by atoms with Gasteiger partial charge in [0.15, 0.2) is 0 Å².